The van der Waals surface area contributed by atoms with Gasteiger partial charge in [0.25, 0.3) is 0 Å². The Morgan fingerprint density at radius 3 is 2.50 bits per heavy atom. The lowest BCUT2D eigenvalue weighted by atomic mass is 9.98. The first-order valence-electron chi connectivity index (χ1n) is 5.02. The molecule has 0 aliphatic carbocycles. The van der Waals surface area contributed by atoms with Crippen LogP contribution >= 0.6 is 23.2 Å². The van der Waals surface area contributed by atoms with Crippen LogP contribution in [0.25, 0.3) is 11.1 Å². The fourth-order valence-electron chi connectivity index (χ4n) is 1.66. The number of hydrogen-bond acceptors (Lipinski definition) is 0. The van der Waals surface area contributed by atoms with Crippen LogP contribution < -0.4 is 0 Å². The summed E-state index contributed by atoms with van der Waals surface area (Å²) >= 11 is 12.2. The van der Waals surface area contributed by atoms with Gasteiger partial charge in [0.2, 0.25) is 0 Å². The summed E-state index contributed by atoms with van der Waals surface area (Å²) in [5, 5.41) is 1.41. The third-order valence-corrected chi connectivity index (χ3v) is 3.08. The molecule has 0 fully saturated rings. The van der Waals surface area contributed by atoms with Crippen molar-refractivity contribution < 1.29 is 0 Å². The third kappa shape index (κ3) is 2.23. The van der Waals surface area contributed by atoms with Crippen LogP contribution in [0.3, 0.4) is 0 Å². The minimum Gasteiger partial charge on any atom is -0.0843 e. The Labute approximate surface area is 106 Å². The number of hydrogen-bond donors (Lipinski definition) is 0. The summed E-state index contributed by atoms with van der Waals surface area (Å²) in [6.45, 7) is 4.06. The molecule has 0 aromatic heterocycles. The topological polar surface area (TPSA) is 0 Å². The molecule has 16 heavy (non-hydrogen) atoms. The van der Waals surface area contributed by atoms with E-state index in [1.165, 1.54) is 0 Å². The quantitative estimate of drug-likeness (QED) is 0.662. The van der Waals surface area contributed by atoms with Crippen LogP contribution in [0.15, 0.2) is 30.3 Å². The number of aryl methyl sites for hydroxylation is 2. The maximum Gasteiger partial charge on any atom is 0.0485 e. The van der Waals surface area contributed by atoms with Crippen molar-refractivity contribution in [1.82, 2.24) is 0 Å². The van der Waals surface area contributed by atoms with Gasteiger partial charge in [-0.1, -0.05) is 35.3 Å². The summed E-state index contributed by atoms with van der Waals surface area (Å²) < 4.78 is 0. The lowest BCUT2D eigenvalue weighted by molar-refractivity contribution is 1.38. The van der Waals surface area contributed by atoms with Gasteiger partial charge < -0.3 is 0 Å². The van der Waals surface area contributed by atoms with Crippen LogP contribution in [-0.2, 0) is 0 Å². The SMILES string of the molecule is Cc1c[c]c(C)c(-c2cc(Cl)ccc2Cl)c1. The third-order valence-electron chi connectivity index (χ3n) is 2.51. The molecular formula is C14H11Cl2. The molecule has 0 aliphatic heterocycles. The van der Waals surface area contributed by atoms with Gasteiger partial charge in [-0.25, -0.2) is 0 Å². The van der Waals surface area contributed by atoms with Crippen LogP contribution in [0.5, 0.6) is 0 Å². The number of rotatable bonds is 1. The van der Waals surface area contributed by atoms with Gasteiger partial charge in [-0.3, -0.25) is 0 Å². The summed E-state index contributed by atoms with van der Waals surface area (Å²) in [4.78, 5) is 0. The molecule has 0 amide bonds. The lowest BCUT2D eigenvalue weighted by Crippen LogP contribution is -1.86. The number of halogens is 2. The average molecular weight is 250 g/mol. The highest BCUT2D eigenvalue weighted by molar-refractivity contribution is 6.35. The Morgan fingerprint density at radius 1 is 1.00 bits per heavy atom. The molecule has 0 unspecified atom stereocenters. The van der Waals surface area contributed by atoms with E-state index in [1.54, 1.807) is 6.07 Å². The Bertz CT molecular complexity index is 481. The second-order valence-electron chi connectivity index (χ2n) is 3.84. The minimum absolute atomic E-state index is 0.695. The zero-order valence-corrected chi connectivity index (χ0v) is 10.7. The summed E-state index contributed by atoms with van der Waals surface area (Å²) in [6, 6.07) is 12.8. The van der Waals surface area contributed by atoms with E-state index in [0.29, 0.717) is 10.0 Å². The Kier molecular flexibility index (Phi) is 3.22. The molecule has 0 saturated heterocycles. The van der Waals surface area contributed by atoms with Gasteiger partial charge in [-0.15, -0.1) is 0 Å². The molecule has 2 rings (SSSR count). The van der Waals surface area contributed by atoms with Crippen LogP contribution in [0, 0.1) is 19.9 Å². The second kappa shape index (κ2) is 4.48. The molecule has 0 nitrogen and oxygen atoms in total. The van der Waals surface area contributed by atoms with Gasteiger partial charge >= 0.3 is 0 Å². The van der Waals surface area contributed by atoms with Crippen LogP contribution in [0.2, 0.25) is 10.0 Å². The molecular weight excluding hydrogens is 239 g/mol. The van der Waals surface area contributed by atoms with Crippen molar-refractivity contribution in [1.29, 1.82) is 0 Å². The molecule has 0 spiro atoms. The maximum absolute atomic E-state index is 6.18. The maximum atomic E-state index is 6.18. The molecule has 0 atom stereocenters. The molecule has 1 radical (unpaired) electrons. The highest BCUT2D eigenvalue weighted by atomic mass is 35.5. The molecule has 0 saturated carbocycles. The average Bonchev–Trinajstić information content (AvgIpc) is 2.25. The molecule has 81 valence electrons. The largest absolute Gasteiger partial charge is 0.0843 e. The van der Waals surface area contributed by atoms with E-state index in [0.717, 1.165) is 22.3 Å². The van der Waals surface area contributed by atoms with Crippen molar-refractivity contribution in [2.75, 3.05) is 0 Å². The predicted molar refractivity (Wildman–Crippen MR) is 70.2 cm³/mol. The fourth-order valence-corrected chi connectivity index (χ4v) is 2.05. The van der Waals surface area contributed by atoms with E-state index in [-0.39, 0.29) is 0 Å². The van der Waals surface area contributed by atoms with Gasteiger partial charge in [0.15, 0.2) is 0 Å². The smallest absolute Gasteiger partial charge is 0.0485 e. The summed E-state index contributed by atoms with van der Waals surface area (Å²) in [6.07, 6.45) is 0. The second-order valence-corrected chi connectivity index (χ2v) is 4.68. The van der Waals surface area contributed by atoms with Gasteiger partial charge in [0.1, 0.15) is 0 Å². The van der Waals surface area contributed by atoms with Gasteiger partial charge in [-0.2, -0.15) is 0 Å². The van der Waals surface area contributed by atoms with Gasteiger partial charge in [0, 0.05) is 15.6 Å². The minimum atomic E-state index is 0.695. The highest BCUT2D eigenvalue weighted by Gasteiger charge is 2.07. The zero-order valence-electron chi connectivity index (χ0n) is 9.14. The predicted octanol–water partition coefficient (Wildman–Crippen LogP) is 5.08. The Balaban J connectivity index is 2.66. The zero-order chi connectivity index (χ0) is 11.7. The normalized spacial score (nSPS) is 10.5. The Morgan fingerprint density at radius 2 is 1.75 bits per heavy atom. The molecule has 2 aromatic rings. The molecule has 0 heterocycles. The Hall–Kier alpha value is -0.980. The lowest BCUT2D eigenvalue weighted by Gasteiger charge is -2.09. The first-order chi connectivity index (χ1) is 7.58. The molecule has 2 heteroatoms. The van der Waals surface area contributed by atoms with Crippen molar-refractivity contribution >= 4 is 23.2 Å². The first kappa shape index (κ1) is 11.5. The van der Waals surface area contributed by atoms with Crippen molar-refractivity contribution in [2.24, 2.45) is 0 Å². The summed E-state index contributed by atoms with van der Waals surface area (Å²) in [5.74, 6) is 0. The highest BCUT2D eigenvalue weighted by Crippen LogP contribution is 2.32. The molecule has 0 bridgehead atoms. The van der Waals surface area contributed by atoms with E-state index >= 15 is 0 Å². The molecule has 0 aliphatic rings. The summed E-state index contributed by atoms with van der Waals surface area (Å²) in [7, 11) is 0. The van der Waals surface area contributed by atoms with Crippen molar-refractivity contribution in [3.63, 3.8) is 0 Å². The van der Waals surface area contributed by atoms with E-state index < -0.39 is 0 Å². The summed E-state index contributed by atoms with van der Waals surface area (Å²) in [5.41, 5.74) is 4.30. The first-order valence-corrected chi connectivity index (χ1v) is 5.78. The number of benzene rings is 2. The molecule has 0 N–H and O–H groups in total. The van der Waals surface area contributed by atoms with Gasteiger partial charge in [0.05, 0.1) is 0 Å². The van der Waals surface area contributed by atoms with E-state index in [2.05, 4.69) is 12.1 Å². The van der Waals surface area contributed by atoms with Crippen LogP contribution in [-0.4, -0.2) is 0 Å². The van der Waals surface area contributed by atoms with Crippen LogP contribution in [0.4, 0.5) is 0 Å². The fraction of sp³-hybridized carbons (Fsp3) is 0.143. The van der Waals surface area contributed by atoms with E-state index in [4.69, 9.17) is 23.2 Å². The van der Waals surface area contributed by atoms with Crippen molar-refractivity contribution in [3.05, 3.63) is 57.6 Å². The van der Waals surface area contributed by atoms with Crippen molar-refractivity contribution in [2.45, 2.75) is 13.8 Å². The van der Waals surface area contributed by atoms with Crippen molar-refractivity contribution in [3.8, 4) is 11.1 Å². The standard InChI is InChI=1S/C14H11Cl2/c1-9-3-4-10(2)12(7-9)13-8-11(15)5-6-14(13)16/h3,5-8H,1-2H3. The van der Waals surface area contributed by atoms with Crippen LogP contribution in [0.1, 0.15) is 11.1 Å². The monoisotopic (exact) mass is 249 g/mol. The molecule has 2 aromatic carbocycles. The van der Waals surface area contributed by atoms with Gasteiger partial charge in [-0.05, 0) is 54.8 Å². The van der Waals surface area contributed by atoms with E-state index in [9.17, 15) is 0 Å². The van der Waals surface area contributed by atoms with E-state index in [1.807, 2.05) is 32.0 Å².